The van der Waals surface area contributed by atoms with E-state index in [9.17, 15) is 31.1 Å². The predicted octanol–water partition coefficient (Wildman–Crippen LogP) is 9.78. The van der Waals surface area contributed by atoms with Gasteiger partial charge >= 0.3 is 0 Å². The Morgan fingerprint density at radius 2 is 0.593 bits per heavy atom. The minimum absolute atomic E-state index is 0.516. The van der Waals surface area contributed by atoms with Gasteiger partial charge in [-0.3, -0.25) is 0 Å². The minimum atomic E-state index is -0.968. The maximum absolute atomic E-state index is 12.0. The molecule has 0 aliphatic heterocycles. The number of aliphatic hydroxyl groups is 3. The van der Waals surface area contributed by atoms with Crippen LogP contribution in [0.5, 0.6) is 0 Å². The van der Waals surface area contributed by atoms with E-state index in [1.54, 1.807) is 72.8 Å². The third-order valence-corrected chi connectivity index (χ3v) is 11.3. The molecule has 54 heavy (non-hydrogen) atoms. The van der Waals surface area contributed by atoms with Gasteiger partial charge < -0.3 is 15.3 Å². The van der Waals surface area contributed by atoms with E-state index >= 15 is 0 Å². The van der Waals surface area contributed by atoms with Crippen LogP contribution in [0.15, 0.2) is 127 Å². The van der Waals surface area contributed by atoms with Crippen molar-refractivity contribution in [2.45, 2.75) is 18.3 Å². The Hall–Kier alpha value is -7.11. The summed E-state index contributed by atoms with van der Waals surface area (Å²) in [7, 11) is 0. The van der Waals surface area contributed by atoms with Crippen LogP contribution in [-0.4, -0.2) is 15.3 Å². The summed E-state index contributed by atoms with van der Waals surface area (Å²) in [5, 5.41) is 75.7. The predicted molar refractivity (Wildman–Crippen MR) is 211 cm³/mol. The van der Waals surface area contributed by atoms with Crippen LogP contribution in [0.25, 0.3) is 64.6 Å². The molecule has 0 bridgehead atoms. The van der Waals surface area contributed by atoms with Crippen molar-refractivity contribution < 1.29 is 15.3 Å². The van der Waals surface area contributed by atoms with Crippen LogP contribution in [0.4, 0.5) is 0 Å². The highest BCUT2D eigenvalue weighted by Crippen LogP contribution is 2.52. The molecule has 0 spiro atoms. The Balaban J connectivity index is 1.32. The molecular formula is C48H27N3O3. The summed E-state index contributed by atoms with van der Waals surface area (Å²) in [5.74, 6) is 0. The van der Waals surface area contributed by atoms with E-state index in [4.69, 9.17) is 0 Å². The lowest BCUT2D eigenvalue weighted by Crippen LogP contribution is -2.06. The summed E-state index contributed by atoms with van der Waals surface area (Å²) in [6.45, 7) is 0. The molecule has 3 N–H and O–H groups in total. The monoisotopic (exact) mass is 693 g/mol. The van der Waals surface area contributed by atoms with Crippen molar-refractivity contribution in [1.29, 1.82) is 15.8 Å². The zero-order valence-corrected chi connectivity index (χ0v) is 28.5. The van der Waals surface area contributed by atoms with Gasteiger partial charge in [0.05, 0.1) is 34.9 Å². The van der Waals surface area contributed by atoms with Crippen LogP contribution in [0.3, 0.4) is 0 Å². The molecule has 6 heteroatoms. The molecule has 10 rings (SSSR count). The maximum atomic E-state index is 12.0. The fraction of sp³-hybridized carbons (Fsp3) is 0.0625. The minimum Gasteiger partial charge on any atom is -0.384 e. The van der Waals surface area contributed by atoms with Gasteiger partial charge in [0.1, 0.15) is 18.3 Å². The van der Waals surface area contributed by atoms with E-state index in [-0.39, 0.29) is 0 Å². The Bertz CT molecular complexity index is 2840. The van der Waals surface area contributed by atoms with Crippen molar-refractivity contribution in [3.8, 4) is 18.2 Å². The summed E-state index contributed by atoms with van der Waals surface area (Å²) in [5.41, 5.74) is 5.79. The van der Waals surface area contributed by atoms with Crippen molar-refractivity contribution in [2.24, 2.45) is 0 Å². The van der Waals surface area contributed by atoms with Crippen molar-refractivity contribution in [1.82, 2.24) is 0 Å². The summed E-state index contributed by atoms with van der Waals surface area (Å²) in [6.07, 6.45) is -2.90. The van der Waals surface area contributed by atoms with E-state index in [0.717, 1.165) is 81.3 Å². The number of aliphatic hydroxyl groups excluding tert-OH is 3. The zero-order valence-electron chi connectivity index (χ0n) is 28.5. The van der Waals surface area contributed by atoms with Gasteiger partial charge in [0.2, 0.25) is 0 Å². The van der Waals surface area contributed by atoms with E-state index in [0.29, 0.717) is 33.4 Å². The van der Waals surface area contributed by atoms with Gasteiger partial charge in [-0.05, 0) is 153 Å². The first-order valence-corrected chi connectivity index (χ1v) is 17.6. The van der Waals surface area contributed by atoms with Gasteiger partial charge in [0.25, 0.3) is 0 Å². The molecule has 0 saturated heterocycles. The van der Waals surface area contributed by atoms with E-state index in [2.05, 4.69) is 54.6 Å². The van der Waals surface area contributed by atoms with Crippen molar-refractivity contribution >= 4 is 64.6 Å². The highest BCUT2D eigenvalue weighted by Gasteiger charge is 2.28. The van der Waals surface area contributed by atoms with Gasteiger partial charge in [-0.2, -0.15) is 15.8 Å². The molecule has 252 valence electrons. The quantitative estimate of drug-likeness (QED) is 0.117. The lowest BCUT2D eigenvalue weighted by atomic mass is 9.78. The first-order chi connectivity index (χ1) is 26.4. The smallest absolute Gasteiger partial charge is 0.105 e. The molecule has 0 aliphatic rings. The average molecular weight is 694 g/mol. The second kappa shape index (κ2) is 11.7. The number of nitriles is 3. The lowest BCUT2D eigenvalue weighted by Gasteiger charge is -2.26. The molecule has 10 aromatic carbocycles. The standard InChI is InChI=1S/C48H27N3O3/c49-22-25-1-7-28(8-2-25)46(52)37-19-31-14-17-35-39(48(54)30-11-5-27(24-51)6-12-30)21-33-15-18-36-38(47(53)29-9-3-26(23-50)4-10-29)20-32-13-16-34(37)43-40(31)44(35)42(33)45(36)41(32)43/h1-21,46-48,52-54H. The molecule has 0 fully saturated rings. The highest BCUT2D eigenvalue weighted by atomic mass is 16.3. The third-order valence-electron chi connectivity index (χ3n) is 11.3. The molecule has 0 saturated carbocycles. The zero-order chi connectivity index (χ0) is 36.8. The normalized spacial score (nSPS) is 13.6. The van der Waals surface area contributed by atoms with E-state index in [1.165, 1.54) is 0 Å². The van der Waals surface area contributed by atoms with Gasteiger partial charge in [0.15, 0.2) is 0 Å². The van der Waals surface area contributed by atoms with Gasteiger partial charge in [-0.15, -0.1) is 0 Å². The largest absolute Gasteiger partial charge is 0.384 e. The lowest BCUT2D eigenvalue weighted by molar-refractivity contribution is 0.222. The number of benzene rings is 10. The van der Waals surface area contributed by atoms with Crippen molar-refractivity contribution in [2.75, 3.05) is 0 Å². The molecule has 0 aliphatic carbocycles. The number of hydrogen-bond donors (Lipinski definition) is 3. The van der Waals surface area contributed by atoms with Crippen molar-refractivity contribution in [3.05, 3.63) is 177 Å². The molecule has 0 radical (unpaired) electrons. The third kappa shape index (κ3) is 4.42. The number of nitrogens with zero attached hydrogens (tertiary/aromatic N) is 3. The fourth-order valence-electron chi connectivity index (χ4n) is 8.70. The second-order valence-corrected chi connectivity index (χ2v) is 14.1. The molecule has 0 heterocycles. The molecule has 10 aromatic rings. The van der Waals surface area contributed by atoms with Gasteiger partial charge in [0, 0.05) is 0 Å². The highest BCUT2D eigenvalue weighted by molar-refractivity contribution is 6.45. The SMILES string of the molecule is N#Cc1ccc(C(O)c2cc3ccc4c(C(O)c5ccc(C#N)cc5)cc5ccc6c(C(O)c7ccc(C#N)cc7)cc7ccc2c2c7c6c5c4c32)cc1. The summed E-state index contributed by atoms with van der Waals surface area (Å²) >= 11 is 0. The molecule has 0 aromatic heterocycles. The molecule has 3 atom stereocenters. The summed E-state index contributed by atoms with van der Waals surface area (Å²) in [6, 6.07) is 45.9. The molecule has 0 amide bonds. The Morgan fingerprint density at radius 1 is 0.333 bits per heavy atom. The fourth-order valence-corrected chi connectivity index (χ4v) is 8.70. The second-order valence-electron chi connectivity index (χ2n) is 14.1. The Labute approximate surface area is 308 Å². The van der Waals surface area contributed by atoms with Crippen LogP contribution < -0.4 is 0 Å². The first kappa shape index (κ1) is 31.6. The average Bonchev–Trinajstić information content (AvgIpc) is 3.24. The topological polar surface area (TPSA) is 132 Å². The summed E-state index contributed by atoms with van der Waals surface area (Å²) < 4.78 is 0. The molecular weight excluding hydrogens is 667 g/mol. The summed E-state index contributed by atoms with van der Waals surface area (Å²) in [4.78, 5) is 0. The number of rotatable bonds is 6. The van der Waals surface area contributed by atoms with Crippen LogP contribution in [0.2, 0.25) is 0 Å². The molecule has 6 nitrogen and oxygen atoms in total. The maximum Gasteiger partial charge on any atom is 0.105 e. The van der Waals surface area contributed by atoms with Crippen molar-refractivity contribution in [3.63, 3.8) is 0 Å². The van der Waals surface area contributed by atoms with E-state index < -0.39 is 18.3 Å². The Kier molecular flexibility index (Phi) is 6.85. The number of hydrogen-bond acceptors (Lipinski definition) is 6. The van der Waals surface area contributed by atoms with Crippen LogP contribution in [0.1, 0.15) is 68.4 Å². The Morgan fingerprint density at radius 3 is 0.833 bits per heavy atom. The van der Waals surface area contributed by atoms with Gasteiger partial charge in [-0.1, -0.05) is 72.8 Å². The van der Waals surface area contributed by atoms with Crippen LogP contribution >= 0.6 is 0 Å². The van der Waals surface area contributed by atoms with Gasteiger partial charge in [-0.25, -0.2) is 0 Å². The van der Waals surface area contributed by atoms with Crippen LogP contribution in [0, 0.1) is 34.0 Å². The van der Waals surface area contributed by atoms with E-state index in [1.807, 2.05) is 18.2 Å². The van der Waals surface area contributed by atoms with Crippen LogP contribution in [-0.2, 0) is 0 Å². The molecule has 3 unspecified atom stereocenters. The first-order valence-electron chi connectivity index (χ1n) is 17.6.